The summed E-state index contributed by atoms with van der Waals surface area (Å²) in [6, 6.07) is 3.91. The first-order chi connectivity index (χ1) is 6.20. The van der Waals surface area contributed by atoms with Crippen LogP contribution in [0.5, 0.6) is 0 Å². The van der Waals surface area contributed by atoms with Gasteiger partial charge in [0.05, 0.1) is 5.52 Å². The van der Waals surface area contributed by atoms with Crippen LogP contribution in [0.3, 0.4) is 0 Å². The van der Waals surface area contributed by atoms with E-state index < -0.39 is 0 Å². The highest BCUT2D eigenvalue weighted by molar-refractivity contribution is 5.99. The topological polar surface area (TPSA) is 34.4 Å². The number of hydrogen-bond donors (Lipinski definition) is 0. The number of imidazole rings is 1. The summed E-state index contributed by atoms with van der Waals surface area (Å²) in [5, 5.41) is 0. The van der Waals surface area contributed by atoms with Gasteiger partial charge in [-0.2, -0.15) is 0 Å². The van der Waals surface area contributed by atoms with Gasteiger partial charge in [-0.1, -0.05) is 6.07 Å². The van der Waals surface area contributed by atoms with Crippen molar-refractivity contribution in [3.05, 3.63) is 35.9 Å². The Morgan fingerprint density at radius 1 is 1.54 bits per heavy atom. The molecular formula is C10H10N2O. The molecule has 3 heteroatoms. The van der Waals surface area contributed by atoms with Gasteiger partial charge in [0, 0.05) is 13.1 Å². The lowest BCUT2D eigenvalue weighted by Crippen LogP contribution is -1.94. The van der Waals surface area contributed by atoms with Gasteiger partial charge in [-0.15, -0.1) is 0 Å². The van der Waals surface area contributed by atoms with E-state index in [0.717, 1.165) is 11.1 Å². The average Bonchev–Trinajstić information content (AvgIpc) is 2.49. The molecule has 0 atom stereocenters. The molecule has 2 aromatic rings. The smallest absolute Gasteiger partial charge is 0.180 e. The molecule has 66 valence electrons. The summed E-state index contributed by atoms with van der Waals surface area (Å²) >= 11 is 0. The third kappa shape index (κ3) is 1.13. The first-order valence-electron chi connectivity index (χ1n) is 4.13. The van der Waals surface area contributed by atoms with Crippen LogP contribution >= 0.6 is 0 Å². The summed E-state index contributed by atoms with van der Waals surface area (Å²) in [5.41, 5.74) is 2.54. The number of rotatable bonds is 1. The molecule has 0 bridgehead atoms. The molecule has 3 nitrogen and oxygen atoms in total. The summed E-state index contributed by atoms with van der Waals surface area (Å²) in [6.45, 7) is 3.51. The van der Waals surface area contributed by atoms with Crippen LogP contribution in [-0.2, 0) is 0 Å². The van der Waals surface area contributed by atoms with Crippen molar-refractivity contribution in [1.82, 2.24) is 9.38 Å². The van der Waals surface area contributed by atoms with Crippen LogP contribution in [0.4, 0.5) is 0 Å². The minimum atomic E-state index is 0.0109. The second-order valence-corrected chi connectivity index (χ2v) is 3.10. The monoisotopic (exact) mass is 174 g/mol. The summed E-state index contributed by atoms with van der Waals surface area (Å²) < 4.78 is 1.87. The second-order valence-electron chi connectivity index (χ2n) is 3.10. The summed E-state index contributed by atoms with van der Waals surface area (Å²) in [4.78, 5) is 15.3. The first kappa shape index (κ1) is 7.98. The van der Waals surface area contributed by atoms with Gasteiger partial charge < -0.3 is 4.40 Å². The average molecular weight is 174 g/mol. The molecule has 0 saturated carbocycles. The van der Waals surface area contributed by atoms with Crippen molar-refractivity contribution in [2.75, 3.05) is 0 Å². The number of aromatic nitrogens is 2. The number of Topliss-reactive ketones (excluding diaryl/α,β-unsaturated/α-hetero) is 1. The van der Waals surface area contributed by atoms with E-state index >= 15 is 0 Å². The maximum absolute atomic E-state index is 11.2. The maximum Gasteiger partial charge on any atom is 0.180 e. The van der Waals surface area contributed by atoms with Crippen molar-refractivity contribution in [3.8, 4) is 0 Å². The molecule has 0 aromatic carbocycles. The molecule has 0 N–H and O–H groups in total. The lowest BCUT2D eigenvalue weighted by atomic mass is 10.2. The highest BCUT2D eigenvalue weighted by atomic mass is 16.1. The van der Waals surface area contributed by atoms with E-state index in [-0.39, 0.29) is 5.78 Å². The molecule has 2 aromatic heterocycles. The van der Waals surface area contributed by atoms with Crippen molar-refractivity contribution < 1.29 is 4.79 Å². The van der Waals surface area contributed by atoms with E-state index in [1.165, 1.54) is 6.92 Å². The molecule has 0 unspecified atom stereocenters. The first-order valence-corrected chi connectivity index (χ1v) is 4.13. The van der Waals surface area contributed by atoms with Crippen LogP contribution in [0.1, 0.15) is 23.0 Å². The fraction of sp³-hybridized carbons (Fsp3) is 0.200. The molecular weight excluding hydrogens is 164 g/mol. The van der Waals surface area contributed by atoms with Gasteiger partial charge in [-0.05, 0) is 18.6 Å². The molecule has 2 rings (SSSR count). The number of hydrogen-bond acceptors (Lipinski definition) is 2. The lowest BCUT2D eigenvalue weighted by molar-refractivity contribution is 0.101. The lowest BCUT2D eigenvalue weighted by Gasteiger charge is -1.98. The van der Waals surface area contributed by atoms with Crippen molar-refractivity contribution >= 4 is 11.3 Å². The summed E-state index contributed by atoms with van der Waals surface area (Å²) in [6.07, 6.45) is 3.56. The van der Waals surface area contributed by atoms with Gasteiger partial charge >= 0.3 is 0 Å². The molecule has 0 aliphatic rings. The van der Waals surface area contributed by atoms with Crippen LogP contribution in [0, 0.1) is 6.92 Å². The van der Waals surface area contributed by atoms with Crippen molar-refractivity contribution in [1.29, 1.82) is 0 Å². The van der Waals surface area contributed by atoms with Crippen molar-refractivity contribution in [2.45, 2.75) is 13.8 Å². The molecule has 13 heavy (non-hydrogen) atoms. The van der Waals surface area contributed by atoms with Gasteiger partial charge in [0.1, 0.15) is 12.0 Å². The molecule has 0 aliphatic heterocycles. The summed E-state index contributed by atoms with van der Waals surface area (Å²) in [5.74, 6) is 0.0109. The number of fused-ring (bicyclic) bond motifs is 1. The summed E-state index contributed by atoms with van der Waals surface area (Å²) in [7, 11) is 0. The predicted octanol–water partition coefficient (Wildman–Crippen LogP) is 1.85. The van der Waals surface area contributed by atoms with Crippen LogP contribution < -0.4 is 0 Å². The quantitative estimate of drug-likeness (QED) is 0.618. The highest BCUT2D eigenvalue weighted by Crippen LogP contribution is 2.14. The molecule has 0 radical (unpaired) electrons. The van der Waals surface area contributed by atoms with Gasteiger partial charge in [-0.25, -0.2) is 4.98 Å². The van der Waals surface area contributed by atoms with Crippen LogP contribution in [0.2, 0.25) is 0 Å². The van der Waals surface area contributed by atoms with Crippen molar-refractivity contribution in [3.63, 3.8) is 0 Å². The fourth-order valence-corrected chi connectivity index (χ4v) is 1.48. The Labute approximate surface area is 76.0 Å². The largest absolute Gasteiger partial charge is 0.305 e. The van der Waals surface area contributed by atoms with Gasteiger partial charge in [0.15, 0.2) is 5.78 Å². The zero-order valence-electron chi connectivity index (χ0n) is 7.61. The predicted molar refractivity (Wildman–Crippen MR) is 49.9 cm³/mol. The third-order valence-electron chi connectivity index (χ3n) is 2.09. The van der Waals surface area contributed by atoms with E-state index in [1.807, 2.05) is 29.7 Å². The Kier molecular flexibility index (Phi) is 1.65. The Morgan fingerprint density at radius 2 is 2.31 bits per heavy atom. The second kappa shape index (κ2) is 2.69. The van der Waals surface area contributed by atoms with Crippen LogP contribution in [0.25, 0.3) is 5.52 Å². The molecule has 0 amide bonds. The molecule has 0 aliphatic carbocycles. The van der Waals surface area contributed by atoms with E-state index in [2.05, 4.69) is 4.98 Å². The molecule has 0 fully saturated rings. The normalized spacial score (nSPS) is 10.6. The van der Waals surface area contributed by atoms with Crippen LogP contribution in [-0.4, -0.2) is 15.2 Å². The number of nitrogens with zero attached hydrogens (tertiary/aromatic N) is 2. The van der Waals surface area contributed by atoms with E-state index in [0.29, 0.717) is 5.69 Å². The Hall–Kier alpha value is -1.64. The minimum Gasteiger partial charge on any atom is -0.305 e. The number of carbonyl (C=O) groups is 1. The minimum absolute atomic E-state index is 0.0109. The zero-order valence-corrected chi connectivity index (χ0v) is 7.61. The van der Waals surface area contributed by atoms with Gasteiger partial charge in [0.2, 0.25) is 0 Å². The third-order valence-corrected chi connectivity index (χ3v) is 2.09. The Morgan fingerprint density at radius 3 is 3.00 bits per heavy atom. The number of ketones is 1. The number of carbonyl (C=O) groups excluding carboxylic acids is 1. The van der Waals surface area contributed by atoms with E-state index in [4.69, 9.17) is 0 Å². The molecule has 2 heterocycles. The maximum atomic E-state index is 11.2. The number of aryl methyl sites for hydroxylation is 1. The van der Waals surface area contributed by atoms with Crippen LogP contribution in [0.15, 0.2) is 24.7 Å². The molecule has 0 spiro atoms. The zero-order chi connectivity index (χ0) is 9.42. The standard InChI is InChI=1S/C10H10N2O/c1-7-4-3-5-12-6-11-9(8(2)13)10(7)12/h3-6H,1-2H3. The van der Waals surface area contributed by atoms with E-state index in [1.54, 1.807) is 6.33 Å². The fourth-order valence-electron chi connectivity index (χ4n) is 1.48. The van der Waals surface area contributed by atoms with Crippen molar-refractivity contribution in [2.24, 2.45) is 0 Å². The van der Waals surface area contributed by atoms with Gasteiger partial charge in [-0.3, -0.25) is 4.79 Å². The van der Waals surface area contributed by atoms with Gasteiger partial charge in [0.25, 0.3) is 0 Å². The Bertz CT molecular complexity index is 471. The Balaban J connectivity index is 2.86. The van der Waals surface area contributed by atoms with E-state index in [9.17, 15) is 4.79 Å². The molecule has 0 saturated heterocycles. The SMILES string of the molecule is CC(=O)c1ncn2cccc(C)c12. The highest BCUT2D eigenvalue weighted by Gasteiger charge is 2.09. The number of pyridine rings is 1.